The van der Waals surface area contributed by atoms with Gasteiger partial charge in [-0.25, -0.2) is 4.68 Å². The molecule has 1 fully saturated rings. The molecule has 0 bridgehead atoms. The average molecular weight is 495 g/mol. The first-order chi connectivity index (χ1) is 16.4. The molecule has 1 saturated heterocycles. The van der Waals surface area contributed by atoms with Crippen molar-refractivity contribution < 1.29 is 9.59 Å². The predicted molar refractivity (Wildman–Crippen MR) is 140 cm³/mol. The highest BCUT2D eigenvalue weighted by Crippen LogP contribution is 2.23. The molecule has 0 saturated carbocycles. The molecule has 4 rings (SSSR count). The molecule has 0 aliphatic carbocycles. The van der Waals surface area contributed by atoms with Crippen molar-refractivity contribution in [3.63, 3.8) is 0 Å². The van der Waals surface area contributed by atoms with Crippen LogP contribution in [0.3, 0.4) is 0 Å². The molecule has 8 heteroatoms. The summed E-state index contributed by atoms with van der Waals surface area (Å²) in [6, 6.07) is 15.3. The Kier molecular flexibility index (Phi) is 7.75. The number of amides is 2. The summed E-state index contributed by atoms with van der Waals surface area (Å²) in [5.41, 5.74) is 4.71. The summed E-state index contributed by atoms with van der Waals surface area (Å²) in [5, 5.41) is 7.88. The molecule has 2 aromatic carbocycles. The SMILES string of the molecule is Cc1cc(C(=O)N2CCSCC2)ccc1NC(=O)/C=C/c1c(C)nn(Cc2ccccc2)c1Cl. The number of halogens is 1. The lowest BCUT2D eigenvalue weighted by Gasteiger charge is -2.26. The number of aryl methyl sites for hydroxylation is 2. The van der Waals surface area contributed by atoms with Gasteiger partial charge in [0.2, 0.25) is 5.91 Å². The van der Waals surface area contributed by atoms with E-state index in [0.29, 0.717) is 28.5 Å². The maximum atomic E-state index is 12.7. The van der Waals surface area contributed by atoms with Crippen molar-refractivity contribution >= 4 is 46.9 Å². The van der Waals surface area contributed by atoms with E-state index in [4.69, 9.17) is 11.6 Å². The van der Waals surface area contributed by atoms with Crippen LogP contribution in [0.4, 0.5) is 5.69 Å². The fourth-order valence-corrected chi connectivity index (χ4v) is 5.04. The van der Waals surface area contributed by atoms with Crippen molar-refractivity contribution in [1.82, 2.24) is 14.7 Å². The molecule has 34 heavy (non-hydrogen) atoms. The van der Waals surface area contributed by atoms with Crippen molar-refractivity contribution in [2.75, 3.05) is 29.9 Å². The van der Waals surface area contributed by atoms with Crippen molar-refractivity contribution in [3.8, 4) is 0 Å². The lowest BCUT2D eigenvalue weighted by molar-refractivity contribution is -0.111. The number of carbonyl (C=O) groups excluding carboxylic acids is 2. The molecule has 176 valence electrons. The van der Waals surface area contributed by atoms with Gasteiger partial charge in [0.1, 0.15) is 5.15 Å². The number of nitrogens with zero attached hydrogens (tertiary/aromatic N) is 3. The number of carbonyl (C=O) groups is 2. The van der Waals surface area contributed by atoms with Crippen molar-refractivity contribution in [2.24, 2.45) is 0 Å². The molecule has 0 unspecified atom stereocenters. The first-order valence-electron chi connectivity index (χ1n) is 11.2. The third kappa shape index (κ3) is 5.72. The van der Waals surface area contributed by atoms with Crippen molar-refractivity contribution in [2.45, 2.75) is 20.4 Å². The second-order valence-electron chi connectivity index (χ2n) is 8.19. The molecule has 6 nitrogen and oxygen atoms in total. The number of anilines is 1. The minimum absolute atomic E-state index is 0.0406. The highest BCUT2D eigenvalue weighted by atomic mass is 35.5. The summed E-state index contributed by atoms with van der Waals surface area (Å²) in [5.74, 6) is 1.71. The highest BCUT2D eigenvalue weighted by Gasteiger charge is 2.19. The Bertz CT molecular complexity index is 1220. The van der Waals surface area contributed by atoms with Crippen LogP contribution >= 0.6 is 23.4 Å². The van der Waals surface area contributed by atoms with E-state index in [1.165, 1.54) is 6.08 Å². The van der Waals surface area contributed by atoms with Gasteiger partial charge in [0.05, 0.1) is 12.2 Å². The number of benzene rings is 2. The topological polar surface area (TPSA) is 67.2 Å². The highest BCUT2D eigenvalue weighted by molar-refractivity contribution is 7.99. The van der Waals surface area contributed by atoms with E-state index >= 15 is 0 Å². The average Bonchev–Trinajstić information content (AvgIpc) is 3.11. The first-order valence-corrected chi connectivity index (χ1v) is 12.7. The Morgan fingerprint density at radius 3 is 2.56 bits per heavy atom. The number of hydrogen-bond donors (Lipinski definition) is 1. The maximum Gasteiger partial charge on any atom is 0.253 e. The first kappa shape index (κ1) is 24.1. The van der Waals surface area contributed by atoms with Gasteiger partial charge in [-0.3, -0.25) is 9.59 Å². The van der Waals surface area contributed by atoms with Crippen LogP contribution in [0.5, 0.6) is 0 Å². The summed E-state index contributed by atoms with van der Waals surface area (Å²) in [6.07, 6.45) is 3.13. The Morgan fingerprint density at radius 1 is 1.12 bits per heavy atom. The second-order valence-corrected chi connectivity index (χ2v) is 9.77. The number of thioether (sulfide) groups is 1. The minimum atomic E-state index is -0.276. The normalized spacial score (nSPS) is 13.9. The summed E-state index contributed by atoms with van der Waals surface area (Å²) in [6.45, 7) is 5.86. The maximum absolute atomic E-state index is 12.7. The predicted octanol–water partition coefficient (Wildman–Crippen LogP) is 5.04. The number of hydrogen-bond acceptors (Lipinski definition) is 4. The van der Waals surface area contributed by atoms with Gasteiger partial charge in [0, 0.05) is 47.5 Å². The number of rotatable bonds is 6. The van der Waals surface area contributed by atoms with E-state index in [1.807, 2.05) is 66.9 Å². The molecule has 0 spiro atoms. The van der Waals surface area contributed by atoms with Gasteiger partial charge >= 0.3 is 0 Å². The molecular weight excluding hydrogens is 468 g/mol. The lowest BCUT2D eigenvalue weighted by Crippen LogP contribution is -2.37. The van der Waals surface area contributed by atoms with Gasteiger partial charge in [0.25, 0.3) is 5.91 Å². The van der Waals surface area contributed by atoms with Gasteiger partial charge in [0.15, 0.2) is 0 Å². The number of nitrogens with one attached hydrogen (secondary N) is 1. The van der Waals surface area contributed by atoms with Crippen LogP contribution in [0, 0.1) is 13.8 Å². The third-order valence-electron chi connectivity index (χ3n) is 5.72. The van der Waals surface area contributed by atoms with Crippen LogP contribution < -0.4 is 5.32 Å². The molecular formula is C26H27ClN4O2S. The Balaban J connectivity index is 1.41. The molecule has 1 aromatic heterocycles. The van der Waals surface area contributed by atoms with E-state index in [0.717, 1.165) is 41.4 Å². The largest absolute Gasteiger partial charge is 0.337 e. The smallest absolute Gasteiger partial charge is 0.253 e. The second kappa shape index (κ2) is 10.9. The van der Waals surface area contributed by atoms with Crippen LogP contribution in [-0.2, 0) is 11.3 Å². The van der Waals surface area contributed by atoms with Gasteiger partial charge < -0.3 is 10.2 Å². The van der Waals surface area contributed by atoms with Crippen LogP contribution in [-0.4, -0.2) is 51.1 Å². The van der Waals surface area contributed by atoms with E-state index in [9.17, 15) is 9.59 Å². The van der Waals surface area contributed by atoms with Gasteiger partial charge in [-0.2, -0.15) is 16.9 Å². The van der Waals surface area contributed by atoms with Crippen LogP contribution in [0.25, 0.3) is 6.08 Å². The van der Waals surface area contributed by atoms with E-state index in [-0.39, 0.29) is 11.8 Å². The van der Waals surface area contributed by atoms with Crippen molar-refractivity contribution in [1.29, 1.82) is 0 Å². The molecule has 0 atom stereocenters. The van der Waals surface area contributed by atoms with Crippen LogP contribution in [0.15, 0.2) is 54.6 Å². The summed E-state index contributed by atoms with van der Waals surface area (Å²) in [4.78, 5) is 27.2. The summed E-state index contributed by atoms with van der Waals surface area (Å²) >= 11 is 8.41. The van der Waals surface area contributed by atoms with Crippen LogP contribution in [0.1, 0.15) is 32.7 Å². The van der Waals surface area contributed by atoms with Crippen molar-refractivity contribution in [3.05, 3.63) is 87.7 Å². The van der Waals surface area contributed by atoms with E-state index < -0.39 is 0 Å². The molecule has 2 heterocycles. The quantitative estimate of drug-likeness (QED) is 0.487. The zero-order chi connectivity index (χ0) is 24.1. The standard InChI is InChI=1S/C26H27ClN4O2S/c1-18-16-21(26(33)30-12-14-34-15-13-30)8-10-23(18)28-24(32)11-9-22-19(2)29-31(25(22)27)17-20-6-4-3-5-7-20/h3-11,16H,12-15,17H2,1-2H3,(H,28,32)/b11-9+. The molecule has 1 aliphatic rings. The zero-order valence-corrected chi connectivity index (χ0v) is 20.8. The lowest BCUT2D eigenvalue weighted by atomic mass is 10.1. The Morgan fingerprint density at radius 2 is 1.85 bits per heavy atom. The Labute approximate surface area is 209 Å². The fraction of sp³-hybridized carbons (Fsp3) is 0.269. The minimum Gasteiger partial charge on any atom is -0.337 e. The molecule has 0 radical (unpaired) electrons. The van der Waals surface area contributed by atoms with Gasteiger partial charge in [-0.05, 0) is 49.2 Å². The van der Waals surface area contributed by atoms with E-state index in [2.05, 4.69) is 10.4 Å². The molecule has 1 N–H and O–H groups in total. The van der Waals surface area contributed by atoms with E-state index in [1.54, 1.807) is 22.9 Å². The molecule has 1 aliphatic heterocycles. The number of aromatic nitrogens is 2. The Hall–Kier alpha value is -3.03. The summed E-state index contributed by atoms with van der Waals surface area (Å²) < 4.78 is 1.73. The zero-order valence-electron chi connectivity index (χ0n) is 19.3. The molecule has 2 amide bonds. The summed E-state index contributed by atoms with van der Waals surface area (Å²) in [7, 11) is 0. The van der Waals surface area contributed by atoms with Gasteiger partial charge in [-0.15, -0.1) is 0 Å². The van der Waals surface area contributed by atoms with Gasteiger partial charge in [-0.1, -0.05) is 41.9 Å². The monoisotopic (exact) mass is 494 g/mol. The molecule has 3 aromatic rings. The third-order valence-corrected chi connectivity index (χ3v) is 7.06. The van der Waals surface area contributed by atoms with Crippen LogP contribution in [0.2, 0.25) is 5.15 Å². The fourth-order valence-electron chi connectivity index (χ4n) is 3.84.